The number of carbonyl (C=O) groups excluding carboxylic acids is 7. The Morgan fingerprint density at radius 1 is 0.908 bits per heavy atom. The first-order valence-corrected chi connectivity index (χ1v) is 23.4. The Morgan fingerprint density at radius 2 is 1.57 bits per heavy atom. The minimum absolute atomic E-state index is 0.0122. The molecule has 20 heteroatoms. The van der Waals surface area contributed by atoms with Crippen molar-refractivity contribution >= 4 is 64.6 Å². The first-order valence-electron chi connectivity index (χ1n) is 22.6. The van der Waals surface area contributed by atoms with Crippen molar-refractivity contribution in [3.8, 4) is 0 Å². The number of hydrogen-bond donors (Lipinski definition) is 3. The fourth-order valence-corrected chi connectivity index (χ4v) is 9.64. The predicted molar refractivity (Wildman–Crippen MR) is 238 cm³/mol. The minimum atomic E-state index is -4.79. The minimum Gasteiger partial charge on any atom is -0.382 e. The molecule has 2 aliphatic heterocycles. The monoisotopic (exact) mass is 959 g/mol. The zero-order valence-electron chi connectivity index (χ0n) is 38.5. The highest BCUT2D eigenvalue weighted by molar-refractivity contribution is 6.33. The fourth-order valence-electron chi connectivity index (χ4n) is 9.26. The zero-order chi connectivity index (χ0) is 48.4. The van der Waals surface area contributed by atoms with Gasteiger partial charge in [-0.2, -0.15) is 13.2 Å². The van der Waals surface area contributed by atoms with Crippen LogP contribution in [0.15, 0.2) is 18.2 Å². The summed E-state index contributed by atoms with van der Waals surface area (Å²) in [5.74, 6) is -5.13. The van der Waals surface area contributed by atoms with E-state index in [0.29, 0.717) is 36.3 Å². The van der Waals surface area contributed by atoms with Gasteiger partial charge in [-0.05, 0) is 94.9 Å². The summed E-state index contributed by atoms with van der Waals surface area (Å²) < 4.78 is 49.0. The molecule has 1 aromatic carbocycles. The van der Waals surface area contributed by atoms with E-state index in [1.54, 1.807) is 32.2 Å². The van der Waals surface area contributed by atoms with Crippen LogP contribution in [-0.4, -0.2) is 151 Å². The van der Waals surface area contributed by atoms with Crippen LogP contribution in [0.2, 0.25) is 10.0 Å². The molecule has 0 aromatic heterocycles. The predicted octanol–water partition coefficient (Wildman–Crippen LogP) is 4.89. The molecular formula is C45H66Cl2F3N7O8. The molecule has 0 spiro atoms. The third-order valence-corrected chi connectivity index (χ3v) is 13.5. The number of methoxy groups -OCH3 is 1. The largest absolute Gasteiger partial charge is 0.403 e. The number of alkyl halides is 3. The summed E-state index contributed by atoms with van der Waals surface area (Å²) in [6.45, 7) is 6.76. The molecule has 1 saturated carbocycles. The number of nitrogens with zero attached hydrogens (tertiary/aromatic N) is 4. The van der Waals surface area contributed by atoms with Gasteiger partial charge < -0.3 is 40.3 Å². The van der Waals surface area contributed by atoms with E-state index in [0.717, 1.165) is 4.90 Å². The fraction of sp³-hybridized carbons (Fsp3) is 0.711. The van der Waals surface area contributed by atoms with Crippen LogP contribution >= 0.6 is 23.2 Å². The first kappa shape index (κ1) is 53.5. The Morgan fingerprint density at radius 3 is 2.18 bits per heavy atom. The summed E-state index contributed by atoms with van der Waals surface area (Å²) in [6, 6.07) is -2.51. The normalized spacial score (nSPS) is 24.7. The van der Waals surface area contributed by atoms with Gasteiger partial charge >= 0.3 is 6.18 Å². The molecule has 3 aliphatic rings. The smallest absolute Gasteiger partial charge is 0.382 e. The van der Waals surface area contributed by atoms with Crippen molar-refractivity contribution in [3.05, 3.63) is 33.8 Å². The topological polar surface area (TPSA) is 178 Å². The molecule has 4 rings (SSSR count). The number of likely N-dealkylation sites (tertiary alicyclic amines) is 1. The Balaban J connectivity index is 1.65. The third kappa shape index (κ3) is 13.1. The van der Waals surface area contributed by atoms with E-state index in [1.165, 1.54) is 35.8 Å². The average molecular weight is 961 g/mol. The first-order chi connectivity index (χ1) is 30.6. The zero-order valence-corrected chi connectivity index (χ0v) is 40.0. The van der Waals surface area contributed by atoms with Gasteiger partial charge in [0.1, 0.15) is 41.7 Å². The second kappa shape index (κ2) is 23.5. The molecule has 7 amide bonds. The second-order valence-electron chi connectivity index (χ2n) is 18.0. The van der Waals surface area contributed by atoms with E-state index in [1.807, 2.05) is 13.8 Å². The lowest BCUT2D eigenvalue weighted by molar-refractivity contribution is -0.236. The Kier molecular flexibility index (Phi) is 19.3. The molecule has 2 heterocycles. The molecule has 364 valence electrons. The lowest BCUT2D eigenvalue weighted by Gasteiger charge is -2.41. The highest BCUT2D eigenvalue weighted by Crippen LogP contribution is 2.51. The van der Waals surface area contributed by atoms with Crippen molar-refractivity contribution in [3.63, 3.8) is 0 Å². The number of halogens is 5. The Hall–Kier alpha value is -4.16. The van der Waals surface area contributed by atoms with Crippen LogP contribution in [0.5, 0.6) is 0 Å². The molecule has 3 fully saturated rings. The van der Waals surface area contributed by atoms with E-state index in [4.69, 9.17) is 27.9 Å². The summed E-state index contributed by atoms with van der Waals surface area (Å²) in [5.41, 5.74) is -2.12. The summed E-state index contributed by atoms with van der Waals surface area (Å²) in [5, 5.41) is 8.89. The number of likely N-dealkylation sites (N-methyl/N-ethyl adjacent to an activating group) is 3. The second-order valence-corrected chi connectivity index (χ2v) is 18.9. The average Bonchev–Trinajstić information content (AvgIpc) is 3.75. The van der Waals surface area contributed by atoms with Crippen LogP contribution in [0.25, 0.3) is 0 Å². The molecule has 65 heavy (non-hydrogen) atoms. The standard InChI is InChI=1S/C45H66Cl2F3N7O8/c1-8-56(40(61)28(4)51-37(58)35-16-14-22-57(35)43(64)44(45(48,49)50)19-11-9-12-20-44)34-15-10-13-21-54(5)41(62)33(26-65-7)53-39(60)36(25-29-24-30(46)17-18-31(29)47)55(6)42(63)32(23-27(2)3)52-38(34)59/h17-18,24,27-28,32-36H,8-16,19-23,25-26H2,1-7H3,(H,51,58)(H,52,59)(H,53,60)/t28-,32-,33+,34-,35-,36-/m0/s1. The van der Waals surface area contributed by atoms with Crippen LogP contribution in [-0.2, 0) is 44.7 Å². The van der Waals surface area contributed by atoms with E-state index >= 15 is 0 Å². The van der Waals surface area contributed by atoms with Gasteiger partial charge in [0, 0.05) is 57.3 Å². The molecule has 15 nitrogen and oxygen atoms in total. The maximum Gasteiger partial charge on any atom is 0.403 e. The number of ether oxygens (including phenoxy) is 1. The number of nitrogens with one attached hydrogen (secondary N) is 3. The molecule has 2 saturated heterocycles. The van der Waals surface area contributed by atoms with Crippen molar-refractivity contribution in [1.82, 2.24) is 35.6 Å². The summed E-state index contributed by atoms with van der Waals surface area (Å²) >= 11 is 12.8. The van der Waals surface area contributed by atoms with E-state index in [9.17, 15) is 46.7 Å². The number of carbonyl (C=O) groups is 7. The van der Waals surface area contributed by atoms with Crippen molar-refractivity contribution in [1.29, 1.82) is 0 Å². The molecule has 1 aliphatic carbocycles. The van der Waals surface area contributed by atoms with Gasteiger partial charge in [0.2, 0.25) is 41.4 Å². The van der Waals surface area contributed by atoms with Crippen molar-refractivity contribution in [2.45, 2.75) is 147 Å². The maximum absolute atomic E-state index is 14.6. The van der Waals surface area contributed by atoms with Crippen LogP contribution < -0.4 is 16.0 Å². The third-order valence-electron chi connectivity index (χ3n) is 12.9. The van der Waals surface area contributed by atoms with Gasteiger partial charge in [0.05, 0.1) is 6.61 Å². The highest BCUT2D eigenvalue weighted by Gasteiger charge is 2.62. The van der Waals surface area contributed by atoms with Gasteiger partial charge in [-0.3, -0.25) is 33.6 Å². The number of amides is 7. The quantitative estimate of drug-likeness (QED) is 0.265. The molecular weight excluding hydrogens is 894 g/mol. The Bertz CT molecular complexity index is 1880. The maximum atomic E-state index is 14.6. The van der Waals surface area contributed by atoms with Crippen molar-refractivity contribution < 1.29 is 51.5 Å². The molecule has 0 radical (unpaired) electrons. The lowest BCUT2D eigenvalue weighted by Crippen LogP contribution is -2.61. The van der Waals surface area contributed by atoms with Crippen LogP contribution in [0.4, 0.5) is 13.2 Å². The lowest BCUT2D eigenvalue weighted by atomic mass is 9.72. The van der Waals surface area contributed by atoms with Gasteiger partial charge in [-0.25, -0.2) is 0 Å². The van der Waals surface area contributed by atoms with E-state index < -0.39 is 89.2 Å². The van der Waals surface area contributed by atoms with Gasteiger partial charge in [-0.15, -0.1) is 0 Å². The number of rotatable bonds is 12. The van der Waals surface area contributed by atoms with E-state index in [-0.39, 0.29) is 88.5 Å². The van der Waals surface area contributed by atoms with Crippen LogP contribution in [0, 0.1) is 11.3 Å². The van der Waals surface area contributed by atoms with Crippen LogP contribution in [0.1, 0.15) is 104 Å². The van der Waals surface area contributed by atoms with Crippen molar-refractivity contribution in [2.75, 3.05) is 47.4 Å². The van der Waals surface area contributed by atoms with Gasteiger partial charge in [-0.1, -0.05) is 56.3 Å². The van der Waals surface area contributed by atoms with Gasteiger partial charge in [0.25, 0.3) is 0 Å². The highest BCUT2D eigenvalue weighted by atomic mass is 35.5. The molecule has 6 atom stereocenters. The summed E-state index contributed by atoms with van der Waals surface area (Å²) in [4.78, 5) is 104. The molecule has 0 unspecified atom stereocenters. The number of hydrogen-bond acceptors (Lipinski definition) is 8. The molecule has 1 aromatic rings. The molecule has 3 N–H and O–H groups in total. The summed E-state index contributed by atoms with van der Waals surface area (Å²) in [6.07, 6.45) is -3.18. The Labute approximate surface area is 390 Å². The van der Waals surface area contributed by atoms with Gasteiger partial charge in [0.15, 0.2) is 0 Å². The number of benzene rings is 1. The molecule has 0 bridgehead atoms. The van der Waals surface area contributed by atoms with Crippen molar-refractivity contribution in [2.24, 2.45) is 11.3 Å². The van der Waals surface area contributed by atoms with Crippen LogP contribution in [0.3, 0.4) is 0 Å². The SMILES string of the molecule is CCN(C(=O)[C@H](C)NC(=O)[C@@H]1CCCN1C(=O)C1(C(F)(F)F)CCCCC1)[C@H]1CCCCN(C)C(=O)[C@@H](COC)NC(=O)[C@H](Cc2cc(Cl)ccc2Cl)N(C)C(=O)[C@H](CC(C)C)NC1=O. The summed E-state index contributed by atoms with van der Waals surface area (Å²) in [7, 11) is 4.36. The van der Waals surface area contributed by atoms with E-state index in [2.05, 4.69) is 16.0 Å².